The molecular weight excluding hydrogens is 681 g/mol. The third-order valence-corrected chi connectivity index (χ3v) is 12.8. The molecule has 5 fully saturated rings. The monoisotopic (exact) mass is 771 g/mol. The normalized spacial score (nSPS) is 19.5. The molecule has 0 bridgehead atoms. The molecule has 0 aromatic rings. The SMILES string of the molecule is CC(C)C(=O)CC1CC1.CC(C)C(=O)CC1CCC1.CC(C)C(=O)CC1CCCC1.CC(C)C(=O)CC1CCCCC1.CC(C)C(=O)CC1CCCCCC1. The minimum absolute atomic E-state index is 0.239. The van der Waals surface area contributed by atoms with Gasteiger partial charge in [-0.15, -0.1) is 0 Å². The van der Waals surface area contributed by atoms with Crippen molar-refractivity contribution in [2.45, 2.75) is 230 Å². The van der Waals surface area contributed by atoms with Crippen LogP contribution in [-0.4, -0.2) is 28.9 Å². The van der Waals surface area contributed by atoms with Crippen LogP contribution in [0.4, 0.5) is 0 Å². The van der Waals surface area contributed by atoms with Gasteiger partial charge in [0.2, 0.25) is 0 Å². The summed E-state index contributed by atoms with van der Waals surface area (Å²) in [5.74, 6) is 7.16. The van der Waals surface area contributed by atoms with E-state index in [1.165, 1.54) is 128 Å². The number of rotatable bonds is 15. The van der Waals surface area contributed by atoms with Gasteiger partial charge in [0.1, 0.15) is 28.9 Å². The van der Waals surface area contributed by atoms with Crippen molar-refractivity contribution in [3.05, 3.63) is 0 Å². The van der Waals surface area contributed by atoms with Crippen molar-refractivity contribution in [1.82, 2.24) is 0 Å². The van der Waals surface area contributed by atoms with E-state index in [1.807, 2.05) is 69.2 Å². The van der Waals surface area contributed by atoms with Crippen molar-refractivity contribution in [2.24, 2.45) is 59.2 Å². The van der Waals surface area contributed by atoms with Crippen LogP contribution in [0.1, 0.15) is 230 Å². The highest BCUT2D eigenvalue weighted by molar-refractivity contribution is 5.82. The number of hydrogen-bond donors (Lipinski definition) is 0. The van der Waals surface area contributed by atoms with Crippen LogP contribution in [0, 0.1) is 59.2 Å². The van der Waals surface area contributed by atoms with Gasteiger partial charge in [-0.25, -0.2) is 0 Å². The lowest BCUT2D eigenvalue weighted by Gasteiger charge is -2.24. The molecule has 5 aliphatic rings. The molecule has 0 saturated heterocycles. The van der Waals surface area contributed by atoms with Gasteiger partial charge in [0.25, 0.3) is 0 Å². The molecule has 5 aliphatic carbocycles. The summed E-state index contributed by atoms with van der Waals surface area (Å²) in [4.78, 5) is 56.4. The van der Waals surface area contributed by atoms with Crippen molar-refractivity contribution in [3.8, 4) is 0 Å². The second-order valence-corrected chi connectivity index (χ2v) is 19.9. The van der Waals surface area contributed by atoms with E-state index >= 15 is 0 Å². The third kappa shape index (κ3) is 26.1. The van der Waals surface area contributed by atoms with E-state index in [2.05, 4.69) is 0 Å². The number of carbonyl (C=O) groups excluding carboxylic acids is 5. The summed E-state index contributed by atoms with van der Waals surface area (Å²) < 4.78 is 0. The highest BCUT2D eigenvalue weighted by Crippen LogP contribution is 2.33. The smallest absolute Gasteiger partial charge is 0.135 e. The van der Waals surface area contributed by atoms with E-state index in [0.29, 0.717) is 40.8 Å². The lowest BCUT2D eigenvalue weighted by Crippen LogP contribution is -2.18. The molecule has 0 amide bonds. The number of Topliss-reactive ketones (excluding diaryl/α,β-unsaturated/α-hetero) is 5. The van der Waals surface area contributed by atoms with Crippen LogP contribution in [-0.2, 0) is 24.0 Å². The lowest BCUT2D eigenvalue weighted by atomic mass is 9.80. The van der Waals surface area contributed by atoms with Crippen molar-refractivity contribution in [1.29, 1.82) is 0 Å². The standard InChI is InChI=1S/C12H22O.C11H20O.C10H18O.C9H16O.C8H14O/c1-10(2)12(13)9-11-7-5-3-4-6-8-11;1-9(2)11(12)8-10-6-4-3-5-7-10;1-8(2)10(11)7-9-5-3-4-6-9;1-7(2)9(10)6-8-4-3-5-8;1-6(2)8(9)5-7-3-4-7/h10-11H,3-9H2,1-2H3;9-10H,3-8H2,1-2H3;8-9H,3-7H2,1-2H3;7-8H,3-6H2,1-2H3;6-7H,3-5H2,1-2H3. The van der Waals surface area contributed by atoms with Crippen LogP contribution in [0.3, 0.4) is 0 Å². The third-order valence-electron chi connectivity index (χ3n) is 12.8. The van der Waals surface area contributed by atoms with Crippen LogP contribution in [0.5, 0.6) is 0 Å². The Kier molecular flexibility index (Phi) is 27.6. The van der Waals surface area contributed by atoms with Gasteiger partial charge in [-0.3, -0.25) is 24.0 Å². The van der Waals surface area contributed by atoms with E-state index < -0.39 is 0 Å². The Morgan fingerprint density at radius 3 is 0.600 bits per heavy atom. The Hall–Kier alpha value is -1.65. The minimum Gasteiger partial charge on any atom is -0.299 e. The molecular formula is C50H90O5. The first-order chi connectivity index (χ1) is 26.0. The maximum absolute atomic E-state index is 11.5. The van der Waals surface area contributed by atoms with Crippen molar-refractivity contribution >= 4 is 28.9 Å². The summed E-state index contributed by atoms with van der Waals surface area (Å²) in [6, 6.07) is 0. The van der Waals surface area contributed by atoms with Crippen LogP contribution in [0.15, 0.2) is 0 Å². The number of carbonyl (C=O) groups is 5. The molecule has 0 spiro atoms. The molecule has 320 valence electrons. The summed E-state index contributed by atoms with van der Waals surface area (Å²) in [5, 5.41) is 0. The van der Waals surface area contributed by atoms with Gasteiger partial charge >= 0.3 is 0 Å². The summed E-state index contributed by atoms with van der Waals surface area (Å²) in [7, 11) is 0. The Morgan fingerprint density at radius 1 is 0.273 bits per heavy atom. The van der Waals surface area contributed by atoms with Gasteiger partial charge in [-0.1, -0.05) is 185 Å². The Balaban J connectivity index is 0.000000346. The van der Waals surface area contributed by atoms with Gasteiger partial charge in [0, 0.05) is 61.7 Å². The Morgan fingerprint density at radius 2 is 0.436 bits per heavy atom. The zero-order chi connectivity index (χ0) is 41.3. The Bertz CT molecular complexity index is 1060. The molecule has 55 heavy (non-hydrogen) atoms. The van der Waals surface area contributed by atoms with Crippen LogP contribution in [0.2, 0.25) is 0 Å². The fourth-order valence-corrected chi connectivity index (χ4v) is 7.79. The first kappa shape index (κ1) is 51.4. The van der Waals surface area contributed by atoms with Crippen molar-refractivity contribution < 1.29 is 24.0 Å². The molecule has 0 aromatic carbocycles. The molecule has 0 unspecified atom stereocenters. The average Bonchev–Trinajstić information content (AvgIpc) is 3.86. The minimum atomic E-state index is 0.239. The molecule has 0 N–H and O–H groups in total. The van der Waals surface area contributed by atoms with Crippen molar-refractivity contribution in [2.75, 3.05) is 0 Å². The van der Waals surface area contributed by atoms with Crippen LogP contribution >= 0.6 is 0 Å². The zero-order valence-corrected chi connectivity index (χ0v) is 38.0. The van der Waals surface area contributed by atoms with Crippen LogP contribution < -0.4 is 0 Å². The first-order valence-corrected chi connectivity index (χ1v) is 23.6. The second-order valence-electron chi connectivity index (χ2n) is 19.9. The van der Waals surface area contributed by atoms with E-state index in [9.17, 15) is 24.0 Å². The zero-order valence-electron chi connectivity index (χ0n) is 38.0. The predicted octanol–water partition coefficient (Wildman–Crippen LogP) is 14.0. The molecule has 5 nitrogen and oxygen atoms in total. The first-order valence-electron chi connectivity index (χ1n) is 23.6. The molecule has 5 heteroatoms. The molecule has 5 rings (SSSR count). The fourth-order valence-electron chi connectivity index (χ4n) is 7.79. The van der Waals surface area contributed by atoms with Gasteiger partial charge in [0.05, 0.1) is 0 Å². The molecule has 0 aromatic heterocycles. The van der Waals surface area contributed by atoms with E-state index in [1.54, 1.807) is 0 Å². The molecule has 0 heterocycles. The molecule has 0 aliphatic heterocycles. The van der Waals surface area contributed by atoms with Gasteiger partial charge < -0.3 is 0 Å². The highest BCUT2D eigenvalue weighted by atomic mass is 16.1. The maximum Gasteiger partial charge on any atom is 0.135 e. The number of ketones is 5. The fraction of sp³-hybridized carbons (Fsp3) is 0.900. The van der Waals surface area contributed by atoms with Crippen LogP contribution in [0.25, 0.3) is 0 Å². The second kappa shape index (κ2) is 29.5. The quantitative estimate of drug-likeness (QED) is 0.155. The average molecular weight is 771 g/mol. The summed E-state index contributed by atoms with van der Waals surface area (Å²) >= 11 is 0. The summed E-state index contributed by atoms with van der Waals surface area (Å²) in [6.45, 7) is 20.0. The molecule has 5 saturated carbocycles. The molecule has 0 radical (unpaired) electrons. The Labute approximate surface area is 340 Å². The maximum atomic E-state index is 11.5. The largest absolute Gasteiger partial charge is 0.299 e. The highest BCUT2D eigenvalue weighted by Gasteiger charge is 2.25. The summed E-state index contributed by atoms with van der Waals surface area (Å²) in [6.07, 6.45) is 30.7. The van der Waals surface area contributed by atoms with Gasteiger partial charge in [0.15, 0.2) is 0 Å². The predicted molar refractivity (Wildman–Crippen MR) is 232 cm³/mol. The summed E-state index contributed by atoms with van der Waals surface area (Å²) in [5.41, 5.74) is 0. The van der Waals surface area contributed by atoms with Gasteiger partial charge in [-0.2, -0.15) is 0 Å². The van der Waals surface area contributed by atoms with E-state index in [4.69, 9.17) is 0 Å². The number of hydrogen-bond acceptors (Lipinski definition) is 5. The van der Waals surface area contributed by atoms with Gasteiger partial charge in [-0.05, 0) is 42.4 Å². The van der Waals surface area contributed by atoms with E-state index in [-0.39, 0.29) is 29.6 Å². The topological polar surface area (TPSA) is 85.3 Å². The lowest BCUT2D eigenvalue weighted by molar-refractivity contribution is -0.124. The van der Waals surface area contributed by atoms with Crippen molar-refractivity contribution in [3.63, 3.8) is 0 Å². The van der Waals surface area contributed by atoms with E-state index in [0.717, 1.165) is 49.9 Å². The molecule has 0 atom stereocenters.